The average Bonchev–Trinajstić information content (AvgIpc) is 2.30. The lowest BCUT2D eigenvalue weighted by molar-refractivity contribution is 0.243. The topological polar surface area (TPSA) is 21.3 Å². The molecule has 0 aliphatic carbocycles. The quantitative estimate of drug-likeness (QED) is 0.773. The molecule has 1 aromatic rings. The maximum atomic E-state index is 13.6. The zero-order valence-electron chi connectivity index (χ0n) is 10.1. The molecule has 2 nitrogen and oxygen atoms in total. The van der Waals surface area contributed by atoms with Gasteiger partial charge in [-0.25, -0.2) is 8.78 Å². The zero-order valence-corrected chi connectivity index (χ0v) is 10.1. The number of halogens is 2. The Hall–Kier alpha value is -1.42. The number of nitrogens with one attached hydrogen (secondary N) is 1. The van der Waals surface area contributed by atoms with Gasteiger partial charge in [0.1, 0.15) is 6.10 Å². The molecule has 0 bridgehead atoms. The van der Waals surface area contributed by atoms with Crippen LogP contribution in [0.2, 0.25) is 0 Å². The summed E-state index contributed by atoms with van der Waals surface area (Å²) >= 11 is 0. The van der Waals surface area contributed by atoms with E-state index in [0.717, 1.165) is 6.54 Å². The fourth-order valence-electron chi connectivity index (χ4n) is 1.33. The molecule has 1 N–H and O–H groups in total. The second-order valence-corrected chi connectivity index (χ2v) is 3.73. The second kappa shape index (κ2) is 6.35. The zero-order chi connectivity index (χ0) is 12.8. The molecule has 0 aliphatic rings. The summed E-state index contributed by atoms with van der Waals surface area (Å²) in [6.07, 6.45) is 1.05. The molecule has 0 aliphatic heterocycles. The molecule has 0 radical (unpaired) electrons. The van der Waals surface area contributed by atoms with E-state index in [0.29, 0.717) is 12.1 Å². The Morgan fingerprint density at radius 3 is 2.47 bits per heavy atom. The summed E-state index contributed by atoms with van der Waals surface area (Å²) in [5.74, 6) is -1.73. The van der Waals surface area contributed by atoms with E-state index in [2.05, 4.69) is 11.9 Å². The van der Waals surface area contributed by atoms with Crippen molar-refractivity contribution in [2.24, 2.45) is 0 Å². The van der Waals surface area contributed by atoms with Gasteiger partial charge in [0, 0.05) is 6.54 Å². The first kappa shape index (κ1) is 13.6. The van der Waals surface area contributed by atoms with E-state index in [1.807, 2.05) is 6.92 Å². The number of hydrogen-bond acceptors (Lipinski definition) is 2. The van der Waals surface area contributed by atoms with Crippen molar-refractivity contribution in [3.8, 4) is 5.75 Å². The molecule has 0 amide bonds. The summed E-state index contributed by atoms with van der Waals surface area (Å²) in [5, 5.41) is 3.00. The summed E-state index contributed by atoms with van der Waals surface area (Å²) in [6, 6.07) is 2.55. The van der Waals surface area contributed by atoms with E-state index >= 15 is 0 Å². The minimum atomic E-state index is -0.688. The first-order chi connectivity index (χ1) is 8.08. The maximum absolute atomic E-state index is 13.6. The highest BCUT2D eigenvalue weighted by Gasteiger charge is 2.14. The average molecular weight is 241 g/mol. The van der Waals surface area contributed by atoms with Gasteiger partial charge in [-0.15, -0.1) is 0 Å². The van der Waals surface area contributed by atoms with Crippen LogP contribution in [-0.4, -0.2) is 12.6 Å². The van der Waals surface area contributed by atoms with E-state index in [9.17, 15) is 8.78 Å². The third-order valence-electron chi connectivity index (χ3n) is 2.27. The van der Waals surface area contributed by atoms with Crippen molar-refractivity contribution in [2.45, 2.75) is 26.5 Å². The molecule has 0 aromatic heterocycles. The predicted octanol–water partition coefficient (Wildman–Crippen LogP) is 3.03. The smallest absolute Gasteiger partial charge is 0.191 e. The largest absolute Gasteiger partial charge is 0.481 e. The molecular weight excluding hydrogens is 224 g/mol. The highest BCUT2D eigenvalue weighted by molar-refractivity contribution is 5.31. The molecule has 1 atom stereocenters. The normalized spacial score (nSPS) is 12.2. The van der Waals surface area contributed by atoms with Crippen LogP contribution in [0.25, 0.3) is 0 Å². The van der Waals surface area contributed by atoms with Crippen LogP contribution in [-0.2, 0) is 6.54 Å². The Morgan fingerprint density at radius 1 is 1.41 bits per heavy atom. The van der Waals surface area contributed by atoms with Crippen molar-refractivity contribution >= 4 is 0 Å². The molecule has 0 saturated heterocycles. The van der Waals surface area contributed by atoms with Crippen molar-refractivity contribution in [3.63, 3.8) is 0 Å². The van der Waals surface area contributed by atoms with E-state index in [-0.39, 0.29) is 5.75 Å². The Balaban J connectivity index is 2.89. The van der Waals surface area contributed by atoms with Gasteiger partial charge in [-0.1, -0.05) is 19.6 Å². The van der Waals surface area contributed by atoms with E-state index < -0.39 is 17.7 Å². The van der Waals surface area contributed by atoms with Crippen LogP contribution in [0.1, 0.15) is 19.4 Å². The summed E-state index contributed by atoms with van der Waals surface area (Å²) in [6.45, 7) is 8.26. The van der Waals surface area contributed by atoms with E-state index in [4.69, 9.17) is 4.74 Å². The van der Waals surface area contributed by atoms with Gasteiger partial charge in [-0.3, -0.25) is 0 Å². The van der Waals surface area contributed by atoms with Crippen molar-refractivity contribution in [2.75, 3.05) is 6.54 Å². The molecule has 1 aromatic carbocycles. The third-order valence-corrected chi connectivity index (χ3v) is 2.27. The molecule has 0 heterocycles. The van der Waals surface area contributed by atoms with Gasteiger partial charge in [0.2, 0.25) is 0 Å². The number of hydrogen-bond donors (Lipinski definition) is 1. The maximum Gasteiger partial charge on any atom is 0.191 e. The molecule has 1 rings (SSSR count). The molecule has 1 unspecified atom stereocenters. The van der Waals surface area contributed by atoms with Crippen LogP contribution in [0.3, 0.4) is 0 Å². The van der Waals surface area contributed by atoms with Crippen molar-refractivity contribution in [1.29, 1.82) is 0 Å². The number of benzene rings is 1. The molecule has 0 fully saturated rings. The Kier molecular flexibility index (Phi) is 5.10. The molecule has 0 spiro atoms. The van der Waals surface area contributed by atoms with Crippen LogP contribution < -0.4 is 10.1 Å². The summed E-state index contributed by atoms with van der Waals surface area (Å²) in [7, 11) is 0. The Labute approximate surface area is 100 Å². The fourth-order valence-corrected chi connectivity index (χ4v) is 1.33. The number of ether oxygens (including phenoxy) is 1. The van der Waals surface area contributed by atoms with E-state index in [1.165, 1.54) is 18.2 Å². The van der Waals surface area contributed by atoms with Gasteiger partial charge in [0.15, 0.2) is 17.4 Å². The van der Waals surface area contributed by atoms with Gasteiger partial charge in [-0.05, 0) is 31.2 Å². The summed E-state index contributed by atoms with van der Waals surface area (Å²) in [4.78, 5) is 0. The van der Waals surface area contributed by atoms with Gasteiger partial charge in [-0.2, -0.15) is 0 Å². The van der Waals surface area contributed by atoms with Crippen molar-refractivity contribution < 1.29 is 13.5 Å². The highest BCUT2D eigenvalue weighted by atomic mass is 19.1. The van der Waals surface area contributed by atoms with Gasteiger partial charge in [0.25, 0.3) is 0 Å². The highest BCUT2D eigenvalue weighted by Crippen LogP contribution is 2.24. The number of rotatable bonds is 6. The van der Waals surface area contributed by atoms with E-state index in [1.54, 1.807) is 6.92 Å². The molecule has 0 saturated carbocycles. The molecule has 17 heavy (non-hydrogen) atoms. The second-order valence-electron chi connectivity index (χ2n) is 3.73. The molecule has 4 heteroatoms. The standard InChI is InChI=1S/C13H17F2NO/c1-4-9(3)17-13-11(14)6-10(7-12(13)15)8-16-5-2/h4,6-7,9,16H,1,5,8H2,2-3H3. The molecule has 94 valence electrons. The lowest BCUT2D eigenvalue weighted by Gasteiger charge is -2.13. The van der Waals surface area contributed by atoms with Crippen LogP contribution in [0, 0.1) is 11.6 Å². The SMILES string of the molecule is C=CC(C)Oc1c(F)cc(CNCC)cc1F. The first-order valence-electron chi connectivity index (χ1n) is 5.56. The van der Waals surface area contributed by atoms with Crippen LogP contribution in [0.5, 0.6) is 5.75 Å². The third kappa shape index (κ3) is 3.82. The minimum absolute atomic E-state index is 0.349. The van der Waals surface area contributed by atoms with Gasteiger partial charge in [0.05, 0.1) is 0 Å². The summed E-state index contributed by atoms with van der Waals surface area (Å²) in [5.41, 5.74) is 0.556. The van der Waals surface area contributed by atoms with Crippen LogP contribution in [0.15, 0.2) is 24.8 Å². The minimum Gasteiger partial charge on any atom is -0.481 e. The summed E-state index contributed by atoms with van der Waals surface area (Å²) < 4.78 is 32.3. The predicted molar refractivity (Wildman–Crippen MR) is 64.0 cm³/mol. The van der Waals surface area contributed by atoms with Crippen LogP contribution in [0.4, 0.5) is 8.78 Å². The van der Waals surface area contributed by atoms with Gasteiger partial charge < -0.3 is 10.1 Å². The fraction of sp³-hybridized carbons (Fsp3) is 0.385. The monoisotopic (exact) mass is 241 g/mol. The Morgan fingerprint density at radius 2 is 2.00 bits per heavy atom. The Bertz CT molecular complexity index is 370. The van der Waals surface area contributed by atoms with Crippen molar-refractivity contribution in [3.05, 3.63) is 42.0 Å². The lowest BCUT2D eigenvalue weighted by atomic mass is 10.2. The van der Waals surface area contributed by atoms with Crippen molar-refractivity contribution in [1.82, 2.24) is 5.32 Å². The molecular formula is C13H17F2NO. The first-order valence-corrected chi connectivity index (χ1v) is 5.56. The van der Waals surface area contributed by atoms with Gasteiger partial charge >= 0.3 is 0 Å². The lowest BCUT2D eigenvalue weighted by Crippen LogP contribution is -2.14. The van der Waals surface area contributed by atoms with Crippen LogP contribution >= 0.6 is 0 Å².